The molecule has 0 saturated carbocycles. The van der Waals surface area contributed by atoms with Crippen LogP contribution in [0.4, 0.5) is 0 Å². The number of likely N-dealkylation sites (N-methyl/N-ethyl adjacent to an activating group) is 1. The highest BCUT2D eigenvalue weighted by Gasteiger charge is 2.23. The van der Waals surface area contributed by atoms with Gasteiger partial charge in [-0.3, -0.25) is 4.55 Å². The highest BCUT2D eigenvalue weighted by atomic mass is 32.3. The second-order valence-corrected chi connectivity index (χ2v) is 8.95. The zero-order chi connectivity index (χ0) is 20.8. The fourth-order valence-corrected chi connectivity index (χ4v) is 3.31. The van der Waals surface area contributed by atoms with Crippen molar-refractivity contribution in [3.8, 4) is 0 Å². The number of hydrogen-bond donors (Lipinski definition) is 1. The van der Waals surface area contributed by atoms with Crippen LogP contribution in [-0.4, -0.2) is 63.3 Å². The van der Waals surface area contributed by atoms with E-state index >= 15 is 0 Å². The largest absolute Gasteiger partial charge is 0.458 e. The summed E-state index contributed by atoms with van der Waals surface area (Å²) in [5.41, 5.74) is 0. The van der Waals surface area contributed by atoms with E-state index in [1.807, 2.05) is 0 Å². The van der Waals surface area contributed by atoms with Gasteiger partial charge in [-0.15, -0.1) is 0 Å². The van der Waals surface area contributed by atoms with Gasteiger partial charge in [-0.2, -0.15) is 8.42 Å². The SMILES string of the molecule is CCCCCCCCCCCC[N+](C)(C)CCOC(=O)C(C)OS(=O)(=O)O. The Bertz CT molecular complexity index is 492. The standard InChI is InChI=1S/C19H39NO6S/c1-5-6-7-8-9-10-11-12-13-14-15-20(3,4)16-17-25-19(21)18(2)26-27(22,23)24/h18H,5-17H2,1-4H3/p+1. The minimum Gasteiger partial charge on any atom is -0.458 e. The molecule has 0 aliphatic carbocycles. The number of carbonyl (C=O) groups excluding carboxylic acids is 1. The molecule has 1 atom stereocenters. The smallest absolute Gasteiger partial charge is 0.398 e. The van der Waals surface area contributed by atoms with Crippen LogP contribution in [0.5, 0.6) is 0 Å². The summed E-state index contributed by atoms with van der Waals surface area (Å²) in [7, 11) is -0.489. The molecule has 0 spiro atoms. The van der Waals surface area contributed by atoms with Crippen molar-refractivity contribution in [3.63, 3.8) is 0 Å². The lowest BCUT2D eigenvalue weighted by atomic mass is 10.1. The van der Waals surface area contributed by atoms with Gasteiger partial charge in [0, 0.05) is 0 Å². The lowest BCUT2D eigenvalue weighted by molar-refractivity contribution is -0.890. The average Bonchev–Trinajstić information content (AvgIpc) is 2.54. The number of rotatable bonds is 17. The molecule has 0 amide bonds. The number of hydrogen-bond acceptors (Lipinski definition) is 5. The van der Waals surface area contributed by atoms with Crippen LogP contribution in [0.3, 0.4) is 0 Å². The first-order chi connectivity index (χ1) is 12.6. The Morgan fingerprint density at radius 2 is 1.41 bits per heavy atom. The van der Waals surface area contributed by atoms with Crippen molar-refractivity contribution >= 4 is 16.4 Å². The zero-order valence-electron chi connectivity index (χ0n) is 17.6. The minimum atomic E-state index is -4.65. The average molecular weight is 411 g/mol. The molecular formula is C19H40NO6S+. The number of unbranched alkanes of at least 4 members (excludes halogenated alkanes) is 9. The molecule has 0 saturated heterocycles. The molecule has 0 aromatic rings. The van der Waals surface area contributed by atoms with Crippen LogP contribution in [0, 0.1) is 0 Å². The van der Waals surface area contributed by atoms with Crippen LogP contribution >= 0.6 is 0 Å². The second-order valence-electron chi connectivity index (χ2n) is 7.90. The van der Waals surface area contributed by atoms with Crippen LogP contribution in [0.2, 0.25) is 0 Å². The number of carbonyl (C=O) groups is 1. The van der Waals surface area contributed by atoms with E-state index in [1.54, 1.807) is 0 Å². The third kappa shape index (κ3) is 17.1. The van der Waals surface area contributed by atoms with Crippen LogP contribution in [0.15, 0.2) is 0 Å². The van der Waals surface area contributed by atoms with E-state index in [4.69, 9.17) is 9.29 Å². The summed E-state index contributed by atoms with van der Waals surface area (Å²) in [6.07, 6.45) is 11.7. The van der Waals surface area contributed by atoms with Gasteiger partial charge < -0.3 is 9.22 Å². The molecule has 0 aliphatic rings. The molecular weight excluding hydrogens is 370 g/mol. The Morgan fingerprint density at radius 1 is 0.926 bits per heavy atom. The summed E-state index contributed by atoms with van der Waals surface area (Å²) >= 11 is 0. The van der Waals surface area contributed by atoms with Gasteiger partial charge in [-0.25, -0.2) is 8.98 Å². The maximum Gasteiger partial charge on any atom is 0.398 e. The van der Waals surface area contributed by atoms with Gasteiger partial charge in [0.1, 0.15) is 13.2 Å². The van der Waals surface area contributed by atoms with Crippen molar-refractivity contribution in [3.05, 3.63) is 0 Å². The highest BCUT2D eigenvalue weighted by molar-refractivity contribution is 7.80. The van der Waals surface area contributed by atoms with Gasteiger partial charge in [0.25, 0.3) is 0 Å². The Labute approximate surface area is 166 Å². The fraction of sp³-hybridized carbons (Fsp3) is 0.947. The maximum absolute atomic E-state index is 11.6. The third-order valence-electron chi connectivity index (χ3n) is 4.66. The van der Waals surface area contributed by atoms with Gasteiger partial charge in [0.2, 0.25) is 0 Å². The van der Waals surface area contributed by atoms with Gasteiger partial charge in [-0.1, -0.05) is 58.3 Å². The summed E-state index contributed by atoms with van der Waals surface area (Å²) < 4.78 is 39.6. The first kappa shape index (κ1) is 26.3. The maximum atomic E-state index is 11.6. The molecule has 0 aromatic heterocycles. The lowest BCUT2D eigenvalue weighted by Crippen LogP contribution is -2.43. The molecule has 0 heterocycles. The molecule has 1 unspecified atom stereocenters. The predicted octanol–water partition coefficient (Wildman–Crippen LogP) is 3.73. The zero-order valence-corrected chi connectivity index (χ0v) is 18.4. The first-order valence-electron chi connectivity index (χ1n) is 10.2. The lowest BCUT2D eigenvalue weighted by Gasteiger charge is -2.29. The Kier molecular flexibility index (Phi) is 13.9. The minimum absolute atomic E-state index is 0.183. The monoisotopic (exact) mass is 410 g/mol. The molecule has 8 heteroatoms. The molecule has 27 heavy (non-hydrogen) atoms. The number of esters is 1. The third-order valence-corrected chi connectivity index (χ3v) is 5.19. The van der Waals surface area contributed by atoms with E-state index in [0.29, 0.717) is 6.54 Å². The van der Waals surface area contributed by atoms with Gasteiger partial charge in [0.05, 0.1) is 20.6 Å². The topological polar surface area (TPSA) is 89.9 Å². The quantitative estimate of drug-likeness (QED) is 0.170. The number of quaternary nitrogens is 1. The Hall–Kier alpha value is -0.700. The summed E-state index contributed by atoms with van der Waals surface area (Å²) in [5, 5.41) is 0. The second kappa shape index (κ2) is 14.3. The van der Waals surface area contributed by atoms with E-state index in [9.17, 15) is 13.2 Å². The van der Waals surface area contributed by atoms with Crippen molar-refractivity contribution in [1.82, 2.24) is 0 Å². The van der Waals surface area contributed by atoms with E-state index in [1.165, 1.54) is 64.7 Å². The van der Waals surface area contributed by atoms with Crippen molar-refractivity contribution in [2.45, 2.75) is 84.2 Å². The molecule has 0 fully saturated rings. The molecule has 1 N–H and O–H groups in total. The summed E-state index contributed by atoms with van der Waals surface area (Å²) in [6, 6.07) is 0. The molecule has 0 aliphatic heterocycles. The predicted molar refractivity (Wildman–Crippen MR) is 107 cm³/mol. The summed E-state index contributed by atoms with van der Waals surface area (Å²) in [5.74, 6) is -0.799. The van der Waals surface area contributed by atoms with Crippen molar-refractivity contribution < 1.29 is 31.2 Å². The van der Waals surface area contributed by atoms with E-state index in [0.717, 1.165) is 17.4 Å². The van der Waals surface area contributed by atoms with E-state index in [2.05, 4.69) is 25.2 Å². The van der Waals surface area contributed by atoms with Gasteiger partial charge in [0.15, 0.2) is 6.10 Å². The van der Waals surface area contributed by atoms with Crippen LogP contribution < -0.4 is 0 Å². The first-order valence-corrected chi connectivity index (χ1v) is 11.6. The highest BCUT2D eigenvalue weighted by Crippen LogP contribution is 2.11. The summed E-state index contributed by atoms with van der Waals surface area (Å²) in [6.45, 7) is 5.29. The van der Waals surface area contributed by atoms with Gasteiger partial charge in [-0.05, 0) is 19.8 Å². The Morgan fingerprint density at radius 3 is 1.89 bits per heavy atom. The number of ether oxygens (including phenoxy) is 1. The normalized spacial score (nSPS) is 13.5. The van der Waals surface area contributed by atoms with Crippen LogP contribution in [0.25, 0.3) is 0 Å². The molecule has 162 valence electrons. The van der Waals surface area contributed by atoms with Crippen LogP contribution in [-0.2, 0) is 24.1 Å². The van der Waals surface area contributed by atoms with Crippen molar-refractivity contribution in [2.24, 2.45) is 0 Å². The van der Waals surface area contributed by atoms with E-state index < -0.39 is 22.5 Å². The van der Waals surface area contributed by atoms with Crippen LogP contribution in [0.1, 0.15) is 78.1 Å². The summed E-state index contributed by atoms with van der Waals surface area (Å²) in [4.78, 5) is 11.6. The molecule has 0 rings (SSSR count). The molecule has 0 radical (unpaired) electrons. The molecule has 7 nitrogen and oxygen atoms in total. The number of nitrogens with zero attached hydrogens (tertiary/aromatic N) is 1. The van der Waals surface area contributed by atoms with Crippen molar-refractivity contribution in [2.75, 3.05) is 33.8 Å². The van der Waals surface area contributed by atoms with E-state index in [-0.39, 0.29) is 6.61 Å². The van der Waals surface area contributed by atoms with Gasteiger partial charge >= 0.3 is 16.4 Å². The Balaban J connectivity index is 3.72. The molecule has 0 aromatic carbocycles. The fourth-order valence-electron chi connectivity index (χ4n) is 2.87. The molecule has 0 bridgehead atoms. The van der Waals surface area contributed by atoms with Crippen molar-refractivity contribution in [1.29, 1.82) is 0 Å².